The molecule has 210 valence electrons. The highest BCUT2D eigenvalue weighted by molar-refractivity contribution is 5.44. The summed E-state index contributed by atoms with van der Waals surface area (Å²) in [5.41, 5.74) is 1.98. The van der Waals surface area contributed by atoms with Gasteiger partial charge in [-0.1, -0.05) is 12.8 Å². The van der Waals surface area contributed by atoms with Crippen molar-refractivity contribution in [1.82, 2.24) is 9.13 Å². The molecule has 0 unspecified atom stereocenters. The number of nitrogens with one attached hydrogen (secondary N) is 2. The Labute approximate surface area is 225 Å². The van der Waals surface area contributed by atoms with Crippen molar-refractivity contribution in [1.29, 1.82) is 0 Å². The van der Waals surface area contributed by atoms with Crippen molar-refractivity contribution in [2.45, 2.75) is 103 Å². The van der Waals surface area contributed by atoms with Crippen molar-refractivity contribution in [2.75, 3.05) is 31.0 Å². The molecule has 1 saturated carbocycles. The Morgan fingerprint density at radius 1 is 0.947 bits per heavy atom. The maximum atomic E-state index is 13.4. The minimum Gasteiger partial charge on any atom is -0.379 e. The van der Waals surface area contributed by atoms with Crippen molar-refractivity contribution in [3.05, 3.63) is 56.9 Å². The highest BCUT2D eigenvalue weighted by atomic mass is 16.5. The number of anilines is 2. The lowest BCUT2D eigenvalue weighted by atomic mass is 9.92. The first-order valence-corrected chi connectivity index (χ1v) is 14.0. The van der Waals surface area contributed by atoms with Gasteiger partial charge >= 0.3 is 0 Å². The molecule has 0 spiro atoms. The number of ether oxygens (including phenoxy) is 3. The second-order valence-electron chi connectivity index (χ2n) is 11.1. The Kier molecular flexibility index (Phi) is 9.68. The zero-order valence-corrected chi connectivity index (χ0v) is 23.4. The standard InChI is InChI=1S/C29H44N4O5/c1-19(2)30-22-9-8-13-32(28(22)34)25-12-14-37-18-27(25)38-17-21-15-23(31-20(3)4)29(35)33(16-21)24-10-6-7-11-26(24)36-5/h8-9,13,15-16,19-20,24-27,30-31H,6-7,10-12,14,17-18H2,1-5H3/t24-,25-,26+,27+/m0/s1. The lowest BCUT2D eigenvalue weighted by molar-refractivity contribution is -0.0860. The van der Waals surface area contributed by atoms with Gasteiger partial charge in [0.25, 0.3) is 11.1 Å². The molecule has 1 aliphatic carbocycles. The second kappa shape index (κ2) is 13.0. The molecule has 0 radical (unpaired) electrons. The fourth-order valence-corrected chi connectivity index (χ4v) is 5.64. The van der Waals surface area contributed by atoms with E-state index < -0.39 is 0 Å². The number of pyridine rings is 2. The van der Waals surface area contributed by atoms with Crippen LogP contribution in [0.3, 0.4) is 0 Å². The van der Waals surface area contributed by atoms with E-state index in [1.165, 1.54) is 0 Å². The third-order valence-corrected chi connectivity index (χ3v) is 7.38. The molecule has 0 bridgehead atoms. The Morgan fingerprint density at radius 2 is 1.63 bits per heavy atom. The predicted octanol–water partition coefficient (Wildman–Crippen LogP) is 4.33. The SMILES string of the molecule is CO[C@@H]1CCCC[C@@H]1n1cc(CO[C@@H]2COCC[C@@H]2n2cccc(NC(C)C)c2=O)cc(NC(C)C)c1=O. The van der Waals surface area contributed by atoms with E-state index in [1.807, 2.05) is 62.9 Å². The minimum atomic E-state index is -0.293. The highest BCUT2D eigenvalue weighted by Gasteiger charge is 2.31. The van der Waals surface area contributed by atoms with Crippen LogP contribution in [-0.2, 0) is 20.8 Å². The topological polar surface area (TPSA) is 95.8 Å². The summed E-state index contributed by atoms with van der Waals surface area (Å²) in [6.07, 6.45) is 8.21. The van der Waals surface area contributed by atoms with Crippen molar-refractivity contribution >= 4 is 11.4 Å². The zero-order valence-electron chi connectivity index (χ0n) is 23.4. The molecular weight excluding hydrogens is 484 g/mol. The van der Waals surface area contributed by atoms with Crippen molar-refractivity contribution in [2.24, 2.45) is 0 Å². The Bertz CT molecular complexity index is 1170. The van der Waals surface area contributed by atoms with E-state index in [4.69, 9.17) is 14.2 Å². The van der Waals surface area contributed by atoms with Gasteiger partial charge in [0.05, 0.1) is 31.4 Å². The van der Waals surface area contributed by atoms with Crippen LogP contribution in [0.4, 0.5) is 11.4 Å². The monoisotopic (exact) mass is 528 g/mol. The van der Waals surface area contributed by atoms with Crippen LogP contribution >= 0.6 is 0 Å². The zero-order chi connectivity index (χ0) is 27.2. The number of hydrogen-bond donors (Lipinski definition) is 2. The molecule has 9 nitrogen and oxygen atoms in total. The first-order valence-electron chi connectivity index (χ1n) is 14.0. The van der Waals surface area contributed by atoms with Gasteiger partial charge < -0.3 is 34.0 Å². The van der Waals surface area contributed by atoms with Gasteiger partial charge in [0.2, 0.25) is 0 Å². The summed E-state index contributed by atoms with van der Waals surface area (Å²) in [4.78, 5) is 26.7. The Morgan fingerprint density at radius 3 is 2.37 bits per heavy atom. The lowest BCUT2D eigenvalue weighted by Crippen LogP contribution is -2.41. The van der Waals surface area contributed by atoms with E-state index in [0.29, 0.717) is 37.6 Å². The van der Waals surface area contributed by atoms with E-state index in [1.54, 1.807) is 11.7 Å². The third kappa shape index (κ3) is 6.68. The predicted molar refractivity (Wildman–Crippen MR) is 150 cm³/mol. The molecule has 2 fully saturated rings. The fourth-order valence-electron chi connectivity index (χ4n) is 5.64. The van der Waals surface area contributed by atoms with E-state index in [0.717, 1.165) is 31.2 Å². The van der Waals surface area contributed by atoms with Gasteiger partial charge in [0.15, 0.2) is 0 Å². The van der Waals surface area contributed by atoms with Crippen molar-refractivity contribution in [3.63, 3.8) is 0 Å². The maximum absolute atomic E-state index is 13.4. The molecule has 0 aromatic carbocycles. The van der Waals surface area contributed by atoms with E-state index in [2.05, 4.69) is 10.6 Å². The molecule has 4 atom stereocenters. The molecular formula is C29H44N4O5. The van der Waals surface area contributed by atoms with Crippen LogP contribution in [0.2, 0.25) is 0 Å². The average Bonchev–Trinajstić information content (AvgIpc) is 2.90. The molecule has 0 amide bonds. The van der Waals surface area contributed by atoms with Crippen LogP contribution in [0.25, 0.3) is 0 Å². The third-order valence-electron chi connectivity index (χ3n) is 7.38. The quantitative estimate of drug-likeness (QED) is 0.474. The summed E-state index contributed by atoms with van der Waals surface area (Å²) in [5.74, 6) is 0. The van der Waals surface area contributed by atoms with Crippen LogP contribution < -0.4 is 21.8 Å². The Balaban J connectivity index is 1.59. The molecule has 9 heteroatoms. The van der Waals surface area contributed by atoms with Crippen molar-refractivity contribution < 1.29 is 14.2 Å². The number of methoxy groups -OCH3 is 1. The summed E-state index contributed by atoms with van der Waals surface area (Å²) in [5, 5.41) is 6.56. The van der Waals surface area contributed by atoms with Gasteiger partial charge in [-0.25, -0.2) is 0 Å². The minimum absolute atomic E-state index is 0.00514. The molecule has 2 N–H and O–H groups in total. The summed E-state index contributed by atoms with van der Waals surface area (Å²) < 4.78 is 21.6. The summed E-state index contributed by atoms with van der Waals surface area (Å²) in [6.45, 7) is 9.37. The number of aromatic nitrogens is 2. The number of rotatable bonds is 10. The van der Waals surface area contributed by atoms with E-state index >= 15 is 0 Å². The van der Waals surface area contributed by atoms with Gasteiger partial charge in [0, 0.05) is 38.2 Å². The van der Waals surface area contributed by atoms with Gasteiger partial charge in [-0.3, -0.25) is 9.59 Å². The molecule has 2 aromatic rings. The number of hydrogen-bond acceptors (Lipinski definition) is 7. The molecule has 38 heavy (non-hydrogen) atoms. The Hall–Kier alpha value is -2.62. The van der Waals surface area contributed by atoms with Crippen LogP contribution in [-0.4, -0.2) is 53.7 Å². The molecule has 2 aromatic heterocycles. The summed E-state index contributed by atoms with van der Waals surface area (Å²) in [7, 11) is 1.73. The van der Waals surface area contributed by atoms with Crippen LogP contribution in [0, 0.1) is 0 Å². The largest absolute Gasteiger partial charge is 0.379 e. The average molecular weight is 529 g/mol. The van der Waals surface area contributed by atoms with Gasteiger partial charge in [0.1, 0.15) is 17.5 Å². The van der Waals surface area contributed by atoms with E-state index in [9.17, 15) is 9.59 Å². The first kappa shape index (κ1) is 28.4. The molecule has 2 aliphatic rings. The highest BCUT2D eigenvalue weighted by Crippen LogP contribution is 2.31. The van der Waals surface area contributed by atoms with Crippen LogP contribution in [0.1, 0.15) is 77.4 Å². The van der Waals surface area contributed by atoms with E-state index in [-0.39, 0.29) is 47.5 Å². The van der Waals surface area contributed by atoms with Crippen LogP contribution in [0.5, 0.6) is 0 Å². The molecule has 3 heterocycles. The van der Waals surface area contributed by atoms with Gasteiger partial charge in [-0.05, 0) is 70.7 Å². The maximum Gasteiger partial charge on any atom is 0.274 e. The summed E-state index contributed by atoms with van der Waals surface area (Å²) in [6, 6.07) is 5.74. The molecule has 4 rings (SSSR count). The van der Waals surface area contributed by atoms with Gasteiger partial charge in [-0.2, -0.15) is 0 Å². The van der Waals surface area contributed by atoms with Gasteiger partial charge in [-0.15, -0.1) is 0 Å². The lowest BCUT2D eigenvalue weighted by Gasteiger charge is -2.34. The molecule has 1 aliphatic heterocycles. The van der Waals surface area contributed by atoms with Crippen molar-refractivity contribution in [3.8, 4) is 0 Å². The normalized spacial score (nSPS) is 24.1. The summed E-state index contributed by atoms with van der Waals surface area (Å²) >= 11 is 0. The van der Waals surface area contributed by atoms with Crippen LogP contribution in [0.15, 0.2) is 40.2 Å². The second-order valence-corrected chi connectivity index (χ2v) is 11.1. The fraction of sp³-hybridized carbons (Fsp3) is 0.655. The number of nitrogens with zero attached hydrogens (tertiary/aromatic N) is 2. The smallest absolute Gasteiger partial charge is 0.274 e. The molecule has 1 saturated heterocycles. The first-order chi connectivity index (χ1) is 18.3.